The molecule has 1 N–H and O–H groups in total. The first-order valence-corrected chi connectivity index (χ1v) is 4.23. The van der Waals surface area contributed by atoms with Gasteiger partial charge >= 0.3 is 0 Å². The summed E-state index contributed by atoms with van der Waals surface area (Å²) in [6, 6.07) is 4.58. The number of para-hydroxylation sites is 1. The van der Waals surface area contributed by atoms with Crippen LogP contribution < -0.4 is 4.90 Å². The van der Waals surface area contributed by atoms with Crippen molar-refractivity contribution in [3.63, 3.8) is 0 Å². The largest absolute Gasteiger partial charge is 0.392 e. The van der Waals surface area contributed by atoms with Crippen LogP contribution >= 0.6 is 0 Å². The number of hydrogen-bond donors (Lipinski definition) is 1. The third kappa shape index (κ3) is 2.04. The molecule has 0 aliphatic carbocycles. The first-order valence-electron chi connectivity index (χ1n) is 4.23. The van der Waals surface area contributed by atoms with E-state index >= 15 is 0 Å². The molecule has 0 unspecified atom stereocenters. The van der Waals surface area contributed by atoms with E-state index in [0.29, 0.717) is 17.8 Å². The van der Waals surface area contributed by atoms with Crippen molar-refractivity contribution in [3.05, 3.63) is 29.6 Å². The van der Waals surface area contributed by atoms with Gasteiger partial charge in [-0.2, -0.15) is 0 Å². The van der Waals surface area contributed by atoms with E-state index in [1.54, 1.807) is 24.1 Å². The molecule has 74 valence electrons. The number of benzene rings is 1. The van der Waals surface area contributed by atoms with Crippen LogP contribution in [0, 0.1) is 18.2 Å². The van der Waals surface area contributed by atoms with Crippen LogP contribution in [0.3, 0.4) is 0 Å². The number of anilines is 1. The van der Waals surface area contributed by atoms with Crippen LogP contribution in [0.5, 0.6) is 0 Å². The smallest absolute Gasteiger partial charge is 0.146 e. The number of aliphatic hydroxyl groups excluding tert-OH is 1. The molecule has 0 atom stereocenters. The van der Waals surface area contributed by atoms with E-state index < -0.39 is 0 Å². The van der Waals surface area contributed by atoms with Crippen LogP contribution in [0.2, 0.25) is 0 Å². The summed E-state index contributed by atoms with van der Waals surface area (Å²) in [6.45, 7) is 0.121. The Balaban J connectivity index is 3.11. The fourth-order valence-electron chi connectivity index (χ4n) is 1.33. The van der Waals surface area contributed by atoms with E-state index in [4.69, 9.17) is 11.5 Å². The van der Waals surface area contributed by atoms with Gasteiger partial charge in [0.2, 0.25) is 0 Å². The van der Waals surface area contributed by atoms with Gasteiger partial charge in [0, 0.05) is 12.6 Å². The summed E-state index contributed by atoms with van der Waals surface area (Å²) in [5.41, 5.74) is 0.913. The van der Waals surface area contributed by atoms with Gasteiger partial charge in [0.25, 0.3) is 0 Å². The Morgan fingerprint density at radius 2 is 2.29 bits per heavy atom. The number of nitrogens with zero attached hydrogens (tertiary/aromatic N) is 1. The number of aliphatic hydroxyl groups is 1. The second-order valence-electron chi connectivity index (χ2n) is 2.97. The van der Waals surface area contributed by atoms with Crippen molar-refractivity contribution in [2.75, 3.05) is 18.5 Å². The standard InChI is InChI=1S/C11H12FNO/c1-3-7-13(2)11-9(8-14)5-4-6-10(11)12/h1,4-6,14H,7-8H2,2H3. The predicted octanol–water partition coefficient (Wildman–Crippen LogP) is 1.39. The number of terminal acetylenes is 1. The minimum atomic E-state index is -0.366. The van der Waals surface area contributed by atoms with E-state index in [1.807, 2.05) is 0 Å². The van der Waals surface area contributed by atoms with Crippen LogP contribution in [-0.4, -0.2) is 18.7 Å². The molecule has 0 saturated heterocycles. The topological polar surface area (TPSA) is 23.5 Å². The summed E-state index contributed by atoms with van der Waals surface area (Å²) < 4.78 is 13.4. The van der Waals surface area contributed by atoms with Crippen molar-refractivity contribution in [2.45, 2.75) is 6.61 Å². The lowest BCUT2D eigenvalue weighted by molar-refractivity contribution is 0.281. The first kappa shape index (κ1) is 10.6. The molecule has 0 bridgehead atoms. The summed E-state index contributed by atoms with van der Waals surface area (Å²) in [7, 11) is 1.69. The van der Waals surface area contributed by atoms with Crippen LogP contribution in [-0.2, 0) is 6.61 Å². The maximum Gasteiger partial charge on any atom is 0.146 e. The van der Waals surface area contributed by atoms with Gasteiger partial charge in [0.1, 0.15) is 5.82 Å². The van der Waals surface area contributed by atoms with Crippen molar-refractivity contribution in [1.82, 2.24) is 0 Å². The maximum absolute atomic E-state index is 13.4. The van der Waals surface area contributed by atoms with Crippen LogP contribution in [0.15, 0.2) is 18.2 Å². The Labute approximate surface area is 83.0 Å². The fourth-order valence-corrected chi connectivity index (χ4v) is 1.33. The average Bonchev–Trinajstić information content (AvgIpc) is 2.17. The number of rotatable bonds is 3. The monoisotopic (exact) mass is 193 g/mol. The van der Waals surface area contributed by atoms with Gasteiger partial charge in [0.05, 0.1) is 18.8 Å². The third-order valence-electron chi connectivity index (χ3n) is 1.95. The molecule has 0 amide bonds. The molecule has 0 heterocycles. The van der Waals surface area contributed by atoms with E-state index in [9.17, 15) is 4.39 Å². The zero-order valence-electron chi connectivity index (χ0n) is 8.00. The summed E-state index contributed by atoms with van der Waals surface area (Å²) in [6.07, 6.45) is 5.13. The van der Waals surface area contributed by atoms with Gasteiger partial charge in [-0.25, -0.2) is 4.39 Å². The van der Waals surface area contributed by atoms with E-state index in [-0.39, 0.29) is 12.4 Å². The second kappa shape index (κ2) is 4.64. The molecule has 1 rings (SSSR count). The van der Waals surface area contributed by atoms with Crippen molar-refractivity contribution in [3.8, 4) is 12.3 Å². The molecule has 1 aromatic rings. The molecule has 0 aliphatic heterocycles. The number of hydrogen-bond acceptors (Lipinski definition) is 2. The molecule has 0 saturated carbocycles. The molecule has 0 spiro atoms. The summed E-state index contributed by atoms with van der Waals surface area (Å²) in [5, 5.41) is 9.01. The Morgan fingerprint density at radius 1 is 1.57 bits per heavy atom. The molecule has 2 nitrogen and oxygen atoms in total. The third-order valence-corrected chi connectivity index (χ3v) is 1.95. The molecule has 1 aromatic carbocycles. The predicted molar refractivity (Wildman–Crippen MR) is 54.4 cm³/mol. The number of halogens is 1. The molecule has 0 radical (unpaired) electrons. The van der Waals surface area contributed by atoms with E-state index in [2.05, 4.69) is 5.92 Å². The van der Waals surface area contributed by atoms with Gasteiger partial charge in [-0.05, 0) is 6.07 Å². The van der Waals surface area contributed by atoms with Crippen molar-refractivity contribution in [2.24, 2.45) is 0 Å². The van der Waals surface area contributed by atoms with Gasteiger partial charge in [-0.15, -0.1) is 6.42 Å². The highest BCUT2D eigenvalue weighted by Gasteiger charge is 2.10. The molecule has 0 fully saturated rings. The Kier molecular flexibility index (Phi) is 3.49. The maximum atomic E-state index is 13.4. The zero-order chi connectivity index (χ0) is 10.6. The highest BCUT2D eigenvalue weighted by atomic mass is 19.1. The SMILES string of the molecule is C#CCN(C)c1c(F)cccc1CO. The lowest BCUT2D eigenvalue weighted by Gasteiger charge is -2.19. The normalized spacial score (nSPS) is 9.57. The van der Waals surface area contributed by atoms with Crippen LogP contribution in [0.25, 0.3) is 0 Å². The van der Waals surface area contributed by atoms with Crippen LogP contribution in [0.1, 0.15) is 5.56 Å². The fraction of sp³-hybridized carbons (Fsp3) is 0.273. The molecular weight excluding hydrogens is 181 g/mol. The quantitative estimate of drug-likeness (QED) is 0.733. The summed E-state index contributed by atoms with van der Waals surface area (Å²) >= 11 is 0. The zero-order valence-corrected chi connectivity index (χ0v) is 8.00. The minimum Gasteiger partial charge on any atom is -0.392 e. The second-order valence-corrected chi connectivity index (χ2v) is 2.97. The molecule has 3 heteroatoms. The van der Waals surface area contributed by atoms with Gasteiger partial charge in [-0.3, -0.25) is 0 Å². The minimum absolute atomic E-state index is 0.192. The Hall–Kier alpha value is -1.53. The van der Waals surface area contributed by atoms with Crippen molar-refractivity contribution >= 4 is 5.69 Å². The summed E-state index contributed by atoms with van der Waals surface area (Å²) in [5.74, 6) is 2.06. The molecular formula is C11H12FNO. The molecule has 0 aliphatic rings. The molecule has 14 heavy (non-hydrogen) atoms. The summed E-state index contributed by atoms with van der Waals surface area (Å²) in [4.78, 5) is 1.60. The highest BCUT2D eigenvalue weighted by Crippen LogP contribution is 2.23. The average molecular weight is 193 g/mol. The van der Waals surface area contributed by atoms with E-state index in [1.165, 1.54) is 6.07 Å². The van der Waals surface area contributed by atoms with Gasteiger partial charge in [0.15, 0.2) is 0 Å². The van der Waals surface area contributed by atoms with Crippen molar-refractivity contribution < 1.29 is 9.50 Å². The van der Waals surface area contributed by atoms with Gasteiger partial charge < -0.3 is 10.0 Å². The Morgan fingerprint density at radius 3 is 2.86 bits per heavy atom. The van der Waals surface area contributed by atoms with Crippen LogP contribution in [0.4, 0.5) is 10.1 Å². The Bertz CT molecular complexity index is 357. The molecule has 0 aromatic heterocycles. The van der Waals surface area contributed by atoms with E-state index in [0.717, 1.165) is 0 Å². The van der Waals surface area contributed by atoms with Crippen molar-refractivity contribution in [1.29, 1.82) is 0 Å². The highest BCUT2D eigenvalue weighted by molar-refractivity contribution is 5.54. The van der Waals surface area contributed by atoms with Gasteiger partial charge in [-0.1, -0.05) is 18.1 Å². The first-order chi connectivity index (χ1) is 6.70. The lowest BCUT2D eigenvalue weighted by Crippen LogP contribution is -2.20. The lowest BCUT2D eigenvalue weighted by atomic mass is 10.1.